The van der Waals surface area contributed by atoms with Crippen molar-refractivity contribution in [2.45, 2.75) is 6.61 Å². The van der Waals surface area contributed by atoms with E-state index in [1.165, 1.54) is 11.3 Å². The Bertz CT molecular complexity index is 482. The van der Waals surface area contributed by atoms with Crippen LogP contribution in [0.15, 0.2) is 35.7 Å². The Morgan fingerprint density at radius 1 is 1.38 bits per heavy atom. The van der Waals surface area contributed by atoms with E-state index in [0.29, 0.717) is 5.13 Å². The Kier molecular flexibility index (Phi) is 3.16. The Balaban J connectivity index is 1.94. The fourth-order valence-corrected chi connectivity index (χ4v) is 1.71. The summed E-state index contributed by atoms with van der Waals surface area (Å²) >= 11 is 1.22. The molecule has 0 saturated heterocycles. The predicted molar refractivity (Wildman–Crippen MR) is 62.1 cm³/mol. The average Bonchev–Trinajstić information content (AvgIpc) is 2.74. The van der Waals surface area contributed by atoms with Crippen molar-refractivity contribution in [3.63, 3.8) is 0 Å². The second-order valence-electron chi connectivity index (χ2n) is 3.13. The molecule has 0 fully saturated rings. The van der Waals surface area contributed by atoms with Crippen LogP contribution in [-0.4, -0.2) is 11.0 Å². The van der Waals surface area contributed by atoms with Gasteiger partial charge in [0.1, 0.15) is 6.61 Å². The Hall–Kier alpha value is -1.88. The number of nitrogens with two attached hydrogens (primary N) is 1. The van der Waals surface area contributed by atoms with Gasteiger partial charge in [0.05, 0.1) is 0 Å². The average molecular weight is 234 g/mol. The smallest absolute Gasteiger partial charge is 0.358 e. The number of carbonyl (C=O) groups is 1. The maximum absolute atomic E-state index is 11.5. The summed E-state index contributed by atoms with van der Waals surface area (Å²) in [5.74, 6) is -0.447. The number of nitrogens with zero attached hydrogens (tertiary/aromatic N) is 1. The molecule has 0 saturated carbocycles. The number of ether oxygens (including phenoxy) is 1. The molecular formula is C11H10N2O2S. The number of esters is 1. The molecule has 16 heavy (non-hydrogen) atoms. The fraction of sp³-hybridized carbons (Fsp3) is 0.0909. The van der Waals surface area contributed by atoms with E-state index in [1.807, 2.05) is 30.3 Å². The lowest BCUT2D eigenvalue weighted by Crippen LogP contribution is -2.05. The van der Waals surface area contributed by atoms with Gasteiger partial charge >= 0.3 is 5.97 Å². The number of benzene rings is 1. The molecule has 0 spiro atoms. The van der Waals surface area contributed by atoms with E-state index in [9.17, 15) is 4.79 Å². The Labute approximate surface area is 96.7 Å². The molecule has 0 unspecified atom stereocenters. The highest BCUT2D eigenvalue weighted by Crippen LogP contribution is 2.12. The van der Waals surface area contributed by atoms with E-state index in [2.05, 4.69) is 4.98 Å². The highest BCUT2D eigenvalue weighted by atomic mass is 32.1. The van der Waals surface area contributed by atoms with Gasteiger partial charge in [-0.1, -0.05) is 30.3 Å². The molecule has 5 heteroatoms. The van der Waals surface area contributed by atoms with Gasteiger partial charge in [0, 0.05) is 5.38 Å². The van der Waals surface area contributed by atoms with Gasteiger partial charge in [-0.2, -0.15) is 0 Å². The summed E-state index contributed by atoms with van der Waals surface area (Å²) in [6, 6.07) is 9.48. The van der Waals surface area contributed by atoms with Gasteiger partial charge in [-0.15, -0.1) is 11.3 Å². The first kappa shape index (κ1) is 10.6. The van der Waals surface area contributed by atoms with Crippen LogP contribution in [0.25, 0.3) is 0 Å². The summed E-state index contributed by atoms with van der Waals surface area (Å²) in [5, 5.41) is 1.95. The lowest BCUT2D eigenvalue weighted by Gasteiger charge is -2.02. The first-order valence-corrected chi connectivity index (χ1v) is 5.56. The van der Waals surface area contributed by atoms with E-state index < -0.39 is 5.97 Å². The minimum atomic E-state index is -0.447. The number of thiazole rings is 1. The van der Waals surface area contributed by atoms with Gasteiger partial charge < -0.3 is 10.5 Å². The summed E-state index contributed by atoms with van der Waals surface area (Å²) in [7, 11) is 0. The van der Waals surface area contributed by atoms with E-state index in [1.54, 1.807) is 5.38 Å². The van der Waals surface area contributed by atoms with Gasteiger partial charge in [0.15, 0.2) is 10.8 Å². The van der Waals surface area contributed by atoms with E-state index in [-0.39, 0.29) is 12.3 Å². The highest BCUT2D eigenvalue weighted by Gasteiger charge is 2.10. The van der Waals surface area contributed by atoms with Crippen LogP contribution in [0.2, 0.25) is 0 Å². The SMILES string of the molecule is Nc1nc(C(=O)OCc2ccccc2)cs1. The van der Waals surface area contributed by atoms with Crippen LogP contribution in [-0.2, 0) is 11.3 Å². The number of nitrogen functional groups attached to an aromatic ring is 1. The second-order valence-corrected chi connectivity index (χ2v) is 4.02. The Morgan fingerprint density at radius 3 is 2.75 bits per heavy atom. The third-order valence-electron chi connectivity index (χ3n) is 1.94. The minimum Gasteiger partial charge on any atom is -0.456 e. The molecule has 4 nitrogen and oxygen atoms in total. The van der Waals surface area contributed by atoms with Crippen LogP contribution >= 0.6 is 11.3 Å². The monoisotopic (exact) mass is 234 g/mol. The first-order chi connectivity index (χ1) is 7.75. The number of hydrogen-bond donors (Lipinski definition) is 1. The first-order valence-electron chi connectivity index (χ1n) is 4.68. The van der Waals surface area contributed by atoms with Crippen LogP contribution in [0.4, 0.5) is 5.13 Å². The Morgan fingerprint density at radius 2 is 2.12 bits per heavy atom. The normalized spacial score (nSPS) is 10.0. The van der Waals surface area contributed by atoms with Gasteiger partial charge in [-0.05, 0) is 5.56 Å². The molecule has 2 rings (SSSR count). The van der Waals surface area contributed by atoms with Gasteiger partial charge in [0.2, 0.25) is 0 Å². The number of aromatic nitrogens is 1. The quantitative estimate of drug-likeness (QED) is 0.826. The van der Waals surface area contributed by atoms with Crippen LogP contribution in [0, 0.1) is 0 Å². The van der Waals surface area contributed by atoms with Crippen molar-refractivity contribution in [2.75, 3.05) is 5.73 Å². The number of rotatable bonds is 3. The molecule has 1 aromatic heterocycles. The van der Waals surface area contributed by atoms with Crippen molar-refractivity contribution in [1.29, 1.82) is 0 Å². The van der Waals surface area contributed by atoms with E-state index in [4.69, 9.17) is 10.5 Å². The van der Waals surface area contributed by atoms with E-state index in [0.717, 1.165) is 5.56 Å². The van der Waals surface area contributed by atoms with Gasteiger partial charge in [-0.25, -0.2) is 9.78 Å². The van der Waals surface area contributed by atoms with Crippen molar-refractivity contribution >= 4 is 22.4 Å². The summed E-state index contributed by atoms with van der Waals surface area (Å²) in [5.41, 5.74) is 6.63. The molecule has 0 radical (unpaired) electrons. The van der Waals surface area contributed by atoms with Crippen LogP contribution in [0.1, 0.15) is 16.1 Å². The number of hydrogen-bond acceptors (Lipinski definition) is 5. The highest BCUT2D eigenvalue weighted by molar-refractivity contribution is 7.13. The molecule has 0 aliphatic carbocycles. The van der Waals surface area contributed by atoms with Crippen molar-refractivity contribution < 1.29 is 9.53 Å². The molecule has 0 bridgehead atoms. The lowest BCUT2D eigenvalue weighted by molar-refractivity contribution is 0.0467. The standard InChI is InChI=1S/C11H10N2O2S/c12-11-13-9(7-16-11)10(14)15-6-8-4-2-1-3-5-8/h1-5,7H,6H2,(H2,12,13). The molecule has 82 valence electrons. The summed E-state index contributed by atoms with van der Waals surface area (Å²) in [4.78, 5) is 15.3. The third-order valence-corrected chi connectivity index (χ3v) is 2.62. The summed E-state index contributed by atoms with van der Waals surface area (Å²) in [6.45, 7) is 0.247. The number of carbonyl (C=O) groups excluding carboxylic acids is 1. The molecule has 0 amide bonds. The molecule has 1 aromatic carbocycles. The van der Waals surface area contributed by atoms with Crippen molar-refractivity contribution in [3.05, 3.63) is 47.0 Å². The maximum atomic E-state index is 11.5. The number of anilines is 1. The van der Waals surface area contributed by atoms with E-state index >= 15 is 0 Å². The molecule has 0 aliphatic rings. The van der Waals surface area contributed by atoms with Crippen LogP contribution in [0.5, 0.6) is 0 Å². The molecule has 0 atom stereocenters. The van der Waals surface area contributed by atoms with Crippen molar-refractivity contribution in [1.82, 2.24) is 4.98 Å². The second kappa shape index (κ2) is 4.76. The lowest BCUT2D eigenvalue weighted by atomic mass is 10.2. The molecule has 2 aromatic rings. The maximum Gasteiger partial charge on any atom is 0.358 e. The zero-order valence-electron chi connectivity index (χ0n) is 8.42. The van der Waals surface area contributed by atoms with Crippen molar-refractivity contribution in [3.8, 4) is 0 Å². The van der Waals surface area contributed by atoms with Gasteiger partial charge in [0.25, 0.3) is 0 Å². The summed E-state index contributed by atoms with van der Waals surface area (Å²) < 4.78 is 5.08. The topological polar surface area (TPSA) is 65.2 Å². The molecule has 0 aliphatic heterocycles. The third kappa shape index (κ3) is 2.58. The summed E-state index contributed by atoms with van der Waals surface area (Å²) in [6.07, 6.45) is 0. The zero-order valence-corrected chi connectivity index (χ0v) is 9.24. The molecule has 1 heterocycles. The van der Waals surface area contributed by atoms with Gasteiger partial charge in [-0.3, -0.25) is 0 Å². The van der Waals surface area contributed by atoms with Crippen LogP contribution in [0.3, 0.4) is 0 Å². The zero-order chi connectivity index (χ0) is 11.4. The minimum absolute atomic E-state index is 0.247. The predicted octanol–water partition coefficient (Wildman–Crippen LogP) is 2.08. The van der Waals surface area contributed by atoms with Crippen LogP contribution < -0.4 is 5.73 Å². The molecular weight excluding hydrogens is 224 g/mol. The van der Waals surface area contributed by atoms with Crippen molar-refractivity contribution in [2.24, 2.45) is 0 Å². The largest absolute Gasteiger partial charge is 0.456 e. The molecule has 2 N–H and O–H groups in total. The fourth-order valence-electron chi connectivity index (χ4n) is 1.18.